The predicted octanol–water partition coefficient (Wildman–Crippen LogP) is 2.37. The van der Waals surface area contributed by atoms with Crippen LogP contribution in [0.4, 0.5) is 5.69 Å². The molecule has 20 heavy (non-hydrogen) atoms. The van der Waals surface area contributed by atoms with Crippen LogP contribution in [0.1, 0.15) is 6.42 Å². The minimum absolute atomic E-state index is 0.0694. The lowest BCUT2D eigenvalue weighted by molar-refractivity contribution is -0.136. The van der Waals surface area contributed by atoms with Gasteiger partial charge in [0.1, 0.15) is 0 Å². The highest BCUT2D eigenvalue weighted by molar-refractivity contribution is 7.99. The quantitative estimate of drug-likeness (QED) is 0.819. The van der Waals surface area contributed by atoms with Gasteiger partial charge in [0.25, 0.3) is 5.22 Å². The molecule has 0 aliphatic heterocycles. The maximum atomic E-state index is 10.4. The Labute approximate surface area is 120 Å². The zero-order valence-corrected chi connectivity index (χ0v) is 12.1. The number of nitrogens with zero attached hydrogens (tertiary/aromatic N) is 3. The molecule has 0 saturated carbocycles. The van der Waals surface area contributed by atoms with E-state index in [2.05, 4.69) is 10.2 Å². The minimum Gasteiger partial charge on any atom is -0.481 e. The van der Waals surface area contributed by atoms with Gasteiger partial charge in [-0.3, -0.25) is 4.79 Å². The second-order valence-corrected chi connectivity index (χ2v) is 5.35. The molecule has 2 rings (SSSR count). The summed E-state index contributed by atoms with van der Waals surface area (Å²) in [6.07, 6.45) is 0.0694. The number of carboxylic acid groups (broad SMARTS) is 1. The summed E-state index contributed by atoms with van der Waals surface area (Å²) in [7, 11) is 3.94. The molecule has 0 bridgehead atoms. The molecular weight excluding hydrogens is 278 g/mol. The maximum Gasteiger partial charge on any atom is 0.304 e. The SMILES string of the molecule is CN(C)c1ccc(-c2nnc(SCCC(=O)O)o2)cc1. The lowest BCUT2D eigenvalue weighted by Crippen LogP contribution is -2.07. The first-order valence-electron chi connectivity index (χ1n) is 6.02. The molecule has 1 N–H and O–H groups in total. The Kier molecular flexibility index (Phi) is 4.62. The standard InChI is InChI=1S/C13H15N3O3S/c1-16(2)10-5-3-9(4-6-10)12-14-15-13(19-12)20-8-7-11(17)18/h3-6H,7-8H2,1-2H3,(H,17,18). The first-order chi connectivity index (χ1) is 9.56. The summed E-state index contributed by atoms with van der Waals surface area (Å²) in [5, 5.41) is 16.8. The van der Waals surface area contributed by atoms with Gasteiger partial charge in [-0.05, 0) is 24.3 Å². The number of carboxylic acids is 1. The molecule has 0 unspecified atom stereocenters. The second kappa shape index (κ2) is 6.42. The van der Waals surface area contributed by atoms with Crippen molar-refractivity contribution in [1.82, 2.24) is 10.2 Å². The number of hydrogen-bond donors (Lipinski definition) is 1. The molecule has 0 fully saturated rings. The number of hydrogen-bond acceptors (Lipinski definition) is 6. The summed E-state index contributed by atoms with van der Waals surface area (Å²) in [4.78, 5) is 12.4. The van der Waals surface area contributed by atoms with Crippen LogP contribution in [0.5, 0.6) is 0 Å². The van der Waals surface area contributed by atoms with Crippen LogP contribution in [0.15, 0.2) is 33.9 Å². The van der Waals surface area contributed by atoms with Crippen molar-refractivity contribution in [1.29, 1.82) is 0 Å². The fourth-order valence-electron chi connectivity index (χ4n) is 1.51. The molecule has 0 aliphatic rings. The highest BCUT2D eigenvalue weighted by Crippen LogP contribution is 2.25. The zero-order valence-electron chi connectivity index (χ0n) is 11.2. The molecule has 0 radical (unpaired) electrons. The summed E-state index contributed by atoms with van der Waals surface area (Å²) in [5.74, 6) is 0.0148. The third-order valence-electron chi connectivity index (χ3n) is 2.58. The monoisotopic (exact) mass is 293 g/mol. The topological polar surface area (TPSA) is 79.5 Å². The summed E-state index contributed by atoms with van der Waals surface area (Å²) < 4.78 is 5.49. The van der Waals surface area contributed by atoms with E-state index in [1.807, 2.05) is 43.3 Å². The molecule has 0 spiro atoms. The van der Waals surface area contributed by atoms with Crippen molar-refractivity contribution in [2.24, 2.45) is 0 Å². The van der Waals surface area contributed by atoms with Gasteiger partial charge in [-0.2, -0.15) is 0 Å². The lowest BCUT2D eigenvalue weighted by atomic mass is 10.2. The Morgan fingerprint density at radius 1 is 1.30 bits per heavy atom. The third-order valence-corrected chi connectivity index (χ3v) is 3.40. The van der Waals surface area contributed by atoms with E-state index in [1.54, 1.807) is 0 Å². The maximum absolute atomic E-state index is 10.4. The van der Waals surface area contributed by atoms with Gasteiger partial charge in [0, 0.05) is 31.1 Å². The molecule has 1 heterocycles. The first-order valence-corrected chi connectivity index (χ1v) is 7.00. The number of aliphatic carboxylic acids is 1. The van der Waals surface area contributed by atoms with Crippen LogP contribution in [-0.4, -0.2) is 41.1 Å². The Bertz CT molecular complexity index is 581. The first kappa shape index (κ1) is 14.4. The Morgan fingerprint density at radius 3 is 2.60 bits per heavy atom. The molecular formula is C13H15N3O3S. The van der Waals surface area contributed by atoms with Crippen LogP contribution in [0.2, 0.25) is 0 Å². The van der Waals surface area contributed by atoms with Crippen LogP contribution in [-0.2, 0) is 4.79 Å². The van der Waals surface area contributed by atoms with E-state index in [9.17, 15) is 4.79 Å². The van der Waals surface area contributed by atoms with Crippen LogP contribution < -0.4 is 4.90 Å². The molecule has 0 saturated heterocycles. The highest BCUT2D eigenvalue weighted by Gasteiger charge is 2.10. The highest BCUT2D eigenvalue weighted by atomic mass is 32.2. The van der Waals surface area contributed by atoms with Gasteiger partial charge < -0.3 is 14.4 Å². The average Bonchev–Trinajstić information content (AvgIpc) is 2.87. The second-order valence-electron chi connectivity index (χ2n) is 4.31. The summed E-state index contributed by atoms with van der Waals surface area (Å²) in [5.41, 5.74) is 1.93. The van der Waals surface area contributed by atoms with E-state index in [0.29, 0.717) is 16.9 Å². The van der Waals surface area contributed by atoms with Gasteiger partial charge in [0.2, 0.25) is 5.89 Å². The minimum atomic E-state index is -0.837. The van der Waals surface area contributed by atoms with Crippen molar-refractivity contribution in [3.05, 3.63) is 24.3 Å². The van der Waals surface area contributed by atoms with E-state index in [0.717, 1.165) is 11.3 Å². The number of carbonyl (C=O) groups is 1. The van der Waals surface area contributed by atoms with Gasteiger partial charge in [0.05, 0.1) is 6.42 Å². The Morgan fingerprint density at radius 2 is 2.00 bits per heavy atom. The lowest BCUT2D eigenvalue weighted by Gasteiger charge is -2.11. The van der Waals surface area contributed by atoms with Gasteiger partial charge in [-0.25, -0.2) is 0 Å². The average molecular weight is 293 g/mol. The number of anilines is 1. The van der Waals surface area contributed by atoms with Crippen molar-refractivity contribution in [3.63, 3.8) is 0 Å². The summed E-state index contributed by atoms with van der Waals surface area (Å²) in [6.45, 7) is 0. The smallest absolute Gasteiger partial charge is 0.304 e. The summed E-state index contributed by atoms with van der Waals surface area (Å²) >= 11 is 1.24. The molecule has 0 aliphatic carbocycles. The van der Waals surface area contributed by atoms with Gasteiger partial charge in [-0.1, -0.05) is 11.8 Å². The van der Waals surface area contributed by atoms with Crippen LogP contribution >= 0.6 is 11.8 Å². The fraction of sp³-hybridized carbons (Fsp3) is 0.308. The molecule has 0 atom stereocenters. The normalized spacial score (nSPS) is 10.5. The zero-order chi connectivity index (χ0) is 14.5. The van der Waals surface area contributed by atoms with Gasteiger partial charge in [0.15, 0.2) is 0 Å². The van der Waals surface area contributed by atoms with E-state index in [-0.39, 0.29) is 6.42 Å². The van der Waals surface area contributed by atoms with Crippen LogP contribution in [0.25, 0.3) is 11.5 Å². The van der Waals surface area contributed by atoms with E-state index in [1.165, 1.54) is 11.8 Å². The largest absolute Gasteiger partial charge is 0.481 e. The predicted molar refractivity (Wildman–Crippen MR) is 77.0 cm³/mol. The van der Waals surface area contributed by atoms with Crippen molar-refractivity contribution >= 4 is 23.4 Å². The van der Waals surface area contributed by atoms with E-state index in [4.69, 9.17) is 9.52 Å². The molecule has 2 aromatic rings. The van der Waals surface area contributed by atoms with E-state index >= 15 is 0 Å². The Balaban J connectivity index is 2.02. The molecule has 7 heteroatoms. The molecule has 0 amide bonds. The van der Waals surface area contributed by atoms with Crippen LogP contribution in [0.3, 0.4) is 0 Å². The molecule has 106 valence electrons. The van der Waals surface area contributed by atoms with Crippen molar-refractivity contribution < 1.29 is 14.3 Å². The number of aromatic nitrogens is 2. The number of thioether (sulfide) groups is 1. The Hall–Kier alpha value is -2.02. The molecule has 1 aromatic carbocycles. The number of rotatable bonds is 6. The van der Waals surface area contributed by atoms with E-state index < -0.39 is 5.97 Å². The number of benzene rings is 1. The van der Waals surface area contributed by atoms with Crippen molar-refractivity contribution in [3.8, 4) is 11.5 Å². The van der Waals surface area contributed by atoms with Gasteiger partial charge in [-0.15, -0.1) is 10.2 Å². The third kappa shape index (κ3) is 3.74. The fourth-order valence-corrected chi connectivity index (χ4v) is 2.20. The summed E-state index contributed by atoms with van der Waals surface area (Å²) in [6, 6.07) is 7.76. The van der Waals surface area contributed by atoms with Gasteiger partial charge >= 0.3 is 5.97 Å². The molecule has 6 nitrogen and oxygen atoms in total. The van der Waals surface area contributed by atoms with Crippen molar-refractivity contribution in [2.75, 3.05) is 24.7 Å². The van der Waals surface area contributed by atoms with Crippen LogP contribution in [0, 0.1) is 0 Å². The molecule has 1 aromatic heterocycles. The van der Waals surface area contributed by atoms with Crippen molar-refractivity contribution in [2.45, 2.75) is 11.6 Å².